The Morgan fingerprint density at radius 1 is 1.23 bits per heavy atom. The lowest BCUT2D eigenvalue weighted by molar-refractivity contribution is -0.137. The highest BCUT2D eigenvalue weighted by Gasteiger charge is 2.31. The molecule has 0 saturated heterocycles. The molecule has 0 radical (unpaired) electrons. The zero-order valence-electron chi connectivity index (χ0n) is 21.2. The average Bonchev–Trinajstić information content (AvgIpc) is 2.84. The van der Waals surface area contributed by atoms with Gasteiger partial charge in [0.05, 0.1) is 5.56 Å². The molecule has 6 nitrogen and oxygen atoms in total. The summed E-state index contributed by atoms with van der Waals surface area (Å²) in [4.78, 5) is 8.17. The molecule has 0 saturated carbocycles. The van der Waals surface area contributed by atoms with Crippen molar-refractivity contribution in [3.63, 3.8) is 0 Å². The number of nitrogens with two attached hydrogens (primary N) is 1. The number of hydrogen-bond acceptors (Lipinski definition) is 7. The molecule has 200 valence electrons. The van der Waals surface area contributed by atoms with Crippen molar-refractivity contribution >= 4 is 42.5 Å². The number of benzene rings is 1. The lowest BCUT2D eigenvalue weighted by atomic mass is 10.0. The minimum Gasteiger partial charge on any atom is -0.388 e. The summed E-state index contributed by atoms with van der Waals surface area (Å²) in [5, 5.41) is 5.94. The van der Waals surface area contributed by atoms with E-state index in [2.05, 4.69) is 54.0 Å². The fraction of sp³-hybridized carbons (Fsp3) is 0.583. The van der Waals surface area contributed by atoms with E-state index < -0.39 is 11.7 Å². The van der Waals surface area contributed by atoms with Gasteiger partial charge < -0.3 is 16.4 Å². The van der Waals surface area contributed by atoms with E-state index in [-0.39, 0.29) is 12.5 Å². The molecular formula is C24H40ClF3N6S. The Hall–Kier alpha value is -1.59. The summed E-state index contributed by atoms with van der Waals surface area (Å²) in [5.41, 5.74) is 8.54. The van der Waals surface area contributed by atoms with Gasteiger partial charge in [-0.05, 0) is 63.3 Å². The second-order valence-corrected chi connectivity index (χ2v) is 8.51. The highest BCUT2D eigenvalue weighted by molar-refractivity contribution is 7.77. The quantitative estimate of drug-likeness (QED) is 0.106. The summed E-state index contributed by atoms with van der Waals surface area (Å²) in [6.45, 7) is 14.0. The summed E-state index contributed by atoms with van der Waals surface area (Å²) in [6.07, 6.45) is -0.950. The fourth-order valence-electron chi connectivity index (χ4n) is 3.02. The van der Waals surface area contributed by atoms with Gasteiger partial charge in [-0.2, -0.15) is 13.2 Å². The third kappa shape index (κ3) is 13.9. The summed E-state index contributed by atoms with van der Waals surface area (Å²) >= 11 is 9.87. The van der Waals surface area contributed by atoms with Crippen molar-refractivity contribution in [2.45, 2.75) is 52.8 Å². The Balaban J connectivity index is 0.000000526. The van der Waals surface area contributed by atoms with Crippen LogP contribution in [0.2, 0.25) is 0 Å². The van der Waals surface area contributed by atoms with E-state index in [1.807, 2.05) is 11.2 Å². The Morgan fingerprint density at radius 2 is 1.86 bits per heavy atom. The Kier molecular flexibility index (Phi) is 17.8. The number of anilines is 1. The van der Waals surface area contributed by atoms with E-state index in [1.54, 1.807) is 13.1 Å². The predicted octanol–water partition coefficient (Wildman–Crippen LogP) is 5.75. The van der Waals surface area contributed by atoms with Crippen LogP contribution in [0.25, 0.3) is 0 Å². The molecule has 1 heterocycles. The number of hydrogen-bond donors (Lipinski definition) is 4. The van der Waals surface area contributed by atoms with Crippen molar-refractivity contribution < 1.29 is 13.2 Å². The molecule has 0 aliphatic carbocycles. The lowest BCUT2D eigenvalue weighted by Crippen LogP contribution is -2.26. The zero-order valence-corrected chi connectivity index (χ0v) is 22.8. The van der Waals surface area contributed by atoms with Gasteiger partial charge in [-0.15, -0.1) is 11.6 Å². The maximum Gasteiger partial charge on any atom is 0.416 e. The summed E-state index contributed by atoms with van der Waals surface area (Å²) in [6, 6.07) is 3.99. The standard InChI is InChI=1S/C9H14ClN3S.C9H11F3N2.C6H15N/c1-7(12-6-10)8-5-13(14)4-3-9(8)11-2;1-14-8-3-6(5-13)2-7(4-8)9(10,11)12;1-3-5-7-6-4-2/h14H,2-6H2,1H3;2-4,14H,5,13H2,1H3;7H,3-6H2,1-2H3/b12-7-;;. The predicted molar refractivity (Wildman–Crippen MR) is 148 cm³/mol. The SMILES string of the molecule is C=NC1=C(/C(C)=N\CCl)CN(S)CC1.CCCNCCC.CNc1cc(CN)cc(C(F)(F)F)c1. The van der Waals surface area contributed by atoms with E-state index in [0.29, 0.717) is 11.3 Å². The number of nitrogens with zero attached hydrogens (tertiary/aromatic N) is 3. The van der Waals surface area contributed by atoms with Crippen LogP contribution in [-0.2, 0) is 12.7 Å². The van der Waals surface area contributed by atoms with Crippen LogP contribution in [-0.4, -0.2) is 56.0 Å². The number of rotatable bonds is 9. The van der Waals surface area contributed by atoms with Crippen LogP contribution in [0.1, 0.15) is 51.2 Å². The van der Waals surface area contributed by atoms with Crippen LogP contribution in [0.5, 0.6) is 0 Å². The smallest absolute Gasteiger partial charge is 0.388 e. The van der Waals surface area contributed by atoms with Crippen molar-refractivity contribution in [2.75, 3.05) is 44.5 Å². The van der Waals surface area contributed by atoms with E-state index >= 15 is 0 Å². The van der Waals surface area contributed by atoms with Crippen molar-refractivity contribution in [1.29, 1.82) is 0 Å². The molecule has 0 atom stereocenters. The zero-order chi connectivity index (χ0) is 26.9. The van der Waals surface area contributed by atoms with Crippen LogP contribution in [0.4, 0.5) is 18.9 Å². The topological polar surface area (TPSA) is 78.0 Å². The maximum atomic E-state index is 12.4. The molecule has 0 unspecified atom stereocenters. The second-order valence-electron chi connectivity index (χ2n) is 7.71. The first-order valence-corrected chi connectivity index (χ1v) is 12.5. The molecule has 2 rings (SSSR count). The van der Waals surface area contributed by atoms with Gasteiger partial charge in [0, 0.05) is 55.8 Å². The van der Waals surface area contributed by atoms with Gasteiger partial charge in [-0.3, -0.25) is 9.98 Å². The highest BCUT2D eigenvalue weighted by Crippen LogP contribution is 2.31. The molecule has 1 aromatic rings. The van der Waals surface area contributed by atoms with Crippen LogP contribution in [0.15, 0.2) is 39.5 Å². The van der Waals surface area contributed by atoms with E-state index in [4.69, 9.17) is 17.3 Å². The minimum absolute atomic E-state index is 0.0958. The Labute approximate surface area is 218 Å². The van der Waals surface area contributed by atoms with Crippen LogP contribution in [0, 0.1) is 0 Å². The van der Waals surface area contributed by atoms with E-state index in [0.717, 1.165) is 48.6 Å². The van der Waals surface area contributed by atoms with Crippen molar-refractivity contribution in [3.8, 4) is 0 Å². The Morgan fingerprint density at radius 3 is 2.31 bits per heavy atom. The maximum absolute atomic E-state index is 12.4. The third-order valence-corrected chi connectivity index (χ3v) is 5.38. The van der Waals surface area contributed by atoms with Gasteiger partial charge in [-0.1, -0.05) is 26.7 Å². The molecule has 1 aliphatic rings. The van der Waals surface area contributed by atoms with Gasteiger partial charge in [-0.25, -0.2) is 4.31 Å². The van der Waals surface area contributed by atoms with Crippen molar-refractivity contribution in [2.24, 2.45) is 15.7 Å². The summed E-state index contributed by atoms with van der Waals surface area (Å²) in [7, 11) is 1.57. The third-order valence-electron chi connectivity index (χ3n) is 4.92. The molecule has 0 bridgehead atoms. The summed E-state index contributed by atoms with van der Waals surface area (Å²) < 4.78 is 39.0. The van der Waals surface area contributed by atoms with Crippen molar-refractivity contribution in [1.82, 2.24) is 9.62 Å². The lowest BCUT2D eigenvalue weighted by Gasteiger charge is -2.24. The number of nitrogens with one attached hydrogen (secondary N) is 2. The number of aliphatic imine (C=N–C) groups is 2. The van der Waals surface area contributed by atoms with Crippen molar-refractivity contribution in [3.05, 3.63) is 40.6 Å². The average molecular weight is 537 g/mol. The van der Waals surface area contributed by atoms with Crippen LogP contribution >= 0.6 is 24.4 Å². The molecule has 0 amide bonds. The molecule has 0 fully saturated rings. The van der Waals surface area contributed by atoms with E-state index in [9.17, 15) is 13.2 Å². The molecular weight excluding hydrogens is 497 g/mol. The molecule has 1 aliphatic heterocycles. The second kappa shape index (κ2) is 18.6. The normalized spacial score (nSPS) is 14.5. The monoisotopic (exact) mass is 536 g/mol. The first-order chi connectivity index (χ1) is 16.6. The molecule has 0 spiro atoms. The first-order valence-electron chi connectivity index (χ1n) is 11.6. The highest BCUT2D eigenvalue weighted by atomic mass is 35.5. The number of alkyl halides is 4. The minimum atomic E-state index is -4.32. The summed E-state index contributed by atoms with van der Waals surface area (Å²) in [5.74, 6) is 0. The van der Waals surface area contributed by atoms with Crippen LogP contribution in [0.3, 0.4) is 0 Å². The number of thiol groups is 1. The van der Waals surface area contributed by atoms with Gasteiger partial charge in [0.25, 0.3) is 0 Å². The van der Waals surface area contributed by atoms with Gasteiger partial charge >= 0.3 is 6.18 Å². The molecule has 4 N–H and O–H groups in total. The van der Waals surface area contributed by atoms with Gasteiger partial charge in [0.2, 0.25) is 0 Å². The van der Waals surface area contributed by atoms with E-state index in [1.165, 1.54) is 25.9 Å². The number of halogens is 4. The molecule has 11 heteroatoms. The molecule has 35 heavy (non-hydrogen) atoms. The fourth-order valence-corrected chi connectivity index (χ4v) is 3.44. The first kappa shape index (κ1) is 33.4. The molecule has 1 aromatic carbocycles. The Bertz CT molecular complexity index is 789. The largest absolute Gasteiger partial charge is 0.416 e. The van der Waals surface area contributed by atoms with Crippen LogP contribution < -0.4 is 16.4 Å². The van der Waals surface area contributed by atoms with Gasteiger partial charge in [0.1, 0.15) is 6.00 Å². The molecule has 0 aromatic heterocycles. The van der Waals surface area contributed by atoms with Gasteiger partial charge in [0.15, 0.2) is 0 Å².